The van der Waals surface area contributed by atoms with Crippen LogP contribution in [-0.4, -0.2) is 4.98 Å². The van der Waals surface area contributed by atoms with Crippen molar-refractivity contribution in [2.24, 2.45) is 0 Å². The first kappa shape index (κ1) is 13.2. The number of hydrogen-bond acceptors (Lipinski definition) is 2. The number of H-pyrrole nitrogens is 1. The Morgan fingerprint density at radius 3 is 2.50 bits per heavy atom. The molecule has 0 aliphatic heterocycles. The number of halogens is 1. The van der Waals surface area contributed by atoms with Crippen LogP contribution < -0.4 is 10.3 Å². The molecule has 0 aliphatic carbocycles. The first-order chi connectivity index (χ1) is 9.65. The zero-order valence-electron chi connectivity index (χ0n) is 10.8. The summed E-state index contributed by atoms with van der Waals surface area (Å²) >= 11 is 2.02. The third-order valence-electron chi connectivity index (χ3n) is 3.06. The van der Waals surface area contributed by atoms with Gasteiger partial charge in [0.1, 0.15) is 9.32 Å². The summed E-state index contributed by atoms with van der Waals surface area (Å²) in [4.78, 5) is 14.8. The van der Waals surface area contributed by atoms with Gasteiger partial charge in [-0.15, -0.1) is 0 Å². The van der Waals surface area contributed by atoms with Crippen LogP contribution >= 0.6 is 22.6 Å². The average molecular weight is 377 g/mol. The third kappa shape index (κ3) is 2.43. The van der Waals surface area contributed by atoms with Crippen molar-refractivity contribution >= 4 is 33.5 Å². The van der Waals surface area contributed by atoms with E-state index < -0.39 is 0 Å². The summed E-state index contributed by atoms with van der Waals surface area (Å²) in [6.45, 7) is 2.02. The lowest BCUT2D eigenvalue weighted by molar-refractivity contribution is 0.483. The monoisotopic (exact) mass is 377 g/mol. The van der Waals surface area contributed by atoms with Gasteiger partial charge in [0.2, 0.25) is 0 Å². The Morgan fingerprint density at radius 1 is 1.05 bits per heavy atom. The van der Waals surface area contributed by atoms with Crippen molar-refractivity contribution in [3.8, 4) is 11.5 Å². The summed E-state index contributed by atoms with van der Waals surface area (Å²) in [6.07, 6.45) is 0. The number of rotatable bonds is 2. The summed E-state index contributed by atoms with van der Waals surface area (Å²) < 4.78 is 6.49. The fraction of sp³-hybridized carbons (Fsp3) is 0.0625. The predicted molar refractivity (Wildman–Crippen MR) is 88.5 cm³/mol. The van der Waals surface area contributed by atoms with Crippen LogP contribution in [0.25, 0.3) is 10.9 Å². The molecule has 100 valence electrons. The van der Waals surface area contributed by atoms with Gasteiger partial charge in [-0.05, 0) is 53.8 Å². The second kappa shape index (κ2) is 5.28. The Morgan fingerprint density at radius 2 is 1.75 bits per heavy atom. The summed E-state index contributed by atoms with van der Waals surface area (Å²) in [5.74, 6) is 1.33. The zero-order chi connectivity index (χ0) is 14.1. The fourth-order valence-electron chi connectivity index (χ4n) is 2.01. The number of ether oxygens (including phenoxy) is 1. The molecule has 0 unspecified atom stereocenters. The molecule has 0 saturated carbocycles. The zero-order valence-corrected chi connectivity index (χ0v) is 13.0. The summed E-state index contributed by atoms with van der Waals surface area (Å²) in [5.41, 5.74) is 1.81. The maximum atomic E-state index is 12.0. The molecule has 3 nitrogen and oxygen atoms in total. The number of benzene rings is 2. The molecule has 0 aliphatic rings. The number of para-hydroxylation sites is 1. The van der Waals surface area contributed by atoms with Crippen molar-refractivity contribution < 1.29 is 4.74 Å². The quantitative estimate of drug-likeness (QED) is 0.679. The van der Waals surface area contributed by atoms with E-state index in [9.17, 15) is 4.79 Å². The van der Waals surface area contributed by atoms with E-state index in [2.05, 4.69) is 4.98 Å². The molecule has 20 heavy (non-hydrogen) atoms. The molecular formula is C16H12INO2. The number of fused-ring (bicyclic) bond motifs is 1. The Hall–Kier alpha value is -1.82. The van der Waals surface area contributed by atoms with Crippen LogP contribution in [0.4, 0.5) is 0 Å². The van der Waals surface area contributed by atoms with Crippen molar-refractivity contribution in [1.82, 2.24) is 4.98 Å². The van der Waals surface area contributed by atoms with E-state index in [-0.39, 0.29) is 5.56 Å². The molecule has 3 rings (SSSR count). The van der Waals surface area contributed by atoms with E-state index in [0.717, 1.165) is 16.7 Å². The van der Waals surface area contributed by atoms with E-state index >= 15 is 0 Å². The van der Waals surface area contributed by atoms with Crippen LogP contribution in [-0.2, 0) is 0 Å². The lowest BCUT2D eigenvalue weighted by Gasteiger charge is -2.10. The molecule has 1 N–H and O–H groups in total. The van der Waals surface area contributed by atoms with Crippen molar-refractivity contribution in [3.63, 3.8) is 0 Å². The highest BCUT2D eigenvalue weighted by atomic mass is 127. The summed E-state index contributed by atoms with van der Waals surface area (Å²) in [7, 11) is 0. The smallest absolute Gasteiger partial charge is 0.265 e. The van der Waals surface area contributed by atoms with Crippen molar-refractivity contribution in [1.29, 1.82) is 0 Å². The molecule has 0 fully saturated rings. The lowest BCUT2D eigenvalue weighted by Crippen LogP contribution is -2.11. The van der Waals surface area contributed by atoms with E-state index in [0.29, 0.717) is 9.32 Å². The fourth-order valence-corrected chi connectivity index (χ4v) is 2.55. The molecule has 0 bridgehead atoms. The van der Waals surface area contributed by atoms with E-state index in [1.54, 1.807) is 0 Å². The normalized spacial score (nSPS) is 10.7. The summed E-state index contributed by atoms with van der Waals surface area (Å²) in [5, 5.41) is 0.900. The maximum Gasteiger partial charge on any atom is 0.265 e. The van der Waals surface area contributed by atoms with Crippen LogP contribution in [0.3, 0.4) is 0 Å². The highest BCUT2D eigenvalue weighted by molar-refractivity contribution is 14.1. The van der Waals surface area contributed by atoms with Gasteiger partial charge >= 0.3 is 0 Å². The van der Waals surface area contributed by atoms with E-state index in [1.807, 2.05) is 78.0 Å². The third-order valence-corrected chi connectivity index (χ3v) is 4.04. The Labute approximate surface area is 129 Å². The number of hydrogen-bond donors (Lipinski definition) is 1. The number of aromatic amines is 1. The van der Waals surface area contributed by atoms with Gasteiger partial charge in [-0.25, -0.2) is 0 Å². The molecular weight excluding hydrogens is 365 g/mol. The average Bonchev–Trinajstić information content (AvgIpc) is 2.46. The van der Waals surface area contributed by atoms with E-state index in [1.165, 1.54) is 5.56 Å². The number of pyridine rings is 1. The van der Waals surface area contributed by atoms with Gasteiger partial charge in [0.25, 0.3) is 5.56 Å². The molecule has 0 amide bonds. The topological polar surface area (TPSA) is 42.1 Å². The Balaban J connectivity index is 2.17. The molecule has 0 radical (unpaired) electrons. The second-order valence-corrected chi connectivity index (χ2v) is 5.64. The second-order valence-electron chi connectivity index (χ2n) is 4.56. The van der Waals surface area contributed by atoms with Crippen molar-refractivity contribution in [3.05, 3.63) is 68.0 Å². The molecule has 0 atom stereocenters. The molecule has 1 heterocycles. The first-order valence-corrected chi connectivity index (χ1v) is 7.28. The van der Waals surface area contributed by atoms with Crippen LogP contribution in [0.1, 0.15) is 5.56 Å². The van der Waals surface area contributed by atoms with E-state index in [4.69, 9.17) is 4.74 Å². The van der Waals surface area contributed by atoms with Crippen LogP contribution in [0.5, 0.6) is 11.5 Å². The maximum absolute atomic E-state index is 12.0. The van der Waals surface area contributed by atoms with Crippen molar-refractivity contribution in [2.75, 3.05) is 0 Å². The number of aryl methyl sites for hydroxylation is 1. The summed E-state index contributed by atoms with van der Waals surface area (Å²) in [6, 6.07) is 15.4. The van der Waals surface area contributed by atoms with Gasteiger partial charge in [0.15, 0.2) is 5.75 Å². The molecule has 3 aromatic rings. The van der Waals surface area contributed by atoms with Gasteiger partial charge in [-0.2, -0.15) is 0 Å². The minimum absolute atomic E-state index is 0.133. The first-order valence-electron chi connectivity index (χ1n) is 6.20. The molecule has 1 aromatic heterocycles. The standard InChI is InChI=1S/C16H12INO2/c1-10-6-8-11(9-7-10)20-15-12-4-2-3-5-13(12)18-16(19)14(15)17/h2-9H,1H3,(H,18,19). The van der Waals surface area contributed by atoms with Crippen molar-refractivity contribution in [2.45, 2.75) is 6.92 Å². The highest BCUT2D eigenvalue weighted by Gasteiger charge is 2.12. The van der Waals surface area contributed by atoms with Crippen LogP contribution in [0.2, 0.25) is 0 Å². The Bertz CT molecular complexity index is 822. The van der Waals surface area contributed by atoms with Gasteiger partial charge in [0, 0.05) is 5.39 Å². The molecule has 0 spiro atoms. The highest BCUT2D eigenvalue weighted by Crippen LogP contribution is 2.31. The van der Waals surface area contributed by atoms with Crippen LogP contribution in [0, 0.1) is 10.5 Å². The van der Waals surface area contributed by atoms with Gasteiger partial charge < -0.3 is 9.72 Å². The number of nitrogens with one attached hydrogen (secondary N) is 1. The predicted octanol–water partition coefficient (Wildman–Crippen LogP) is 4.23. The minimum Gasteiger partial charge on any atom is -0.455 e. The lowest BCUT2D eigenvalue weighted by atomic mass is 10.2. The van der Waals surface area contributed by atoms with Crippen LogP contribution in [0.15, 0.2) is 53.3 Å². The Kier molecular flexibility index (Phi) is 3.48. The molecule has 2 aromatic carbocycles. The van der Waals surface area contributed by atoms with Gasteiger partial charge in [0.05, 0.1) is 5.52 Å². The van der Waals surface area contributed by atoms with Gasteiger partial charge in [-0.3, -0.25) is 4.79 Å². The molecule has 4 heteroatoms. The number of aromatic nitrogens is 1. The molecule has 0 saturated heterocycles. The van der Waals surface area contributed by atoms with Gasteiger partial charge in [-0.1, -0.05) is 29.8 Å². The SMILES string of the molecule is Cc1ccc(Oc2c(I)c(=O)[nH]c3ccccc23)cc1. The largest absolute Gasteiger partial charge is 0.455 e. The minimum atomic E-state index is -0.133.